The third-order valence-electron chi connectivity index (χ3n) is 16.0. The summed E-state index contributed by atoms with van der Waals surface area (Å²) in [4.78, 5) is 9.81. The zero-order valence-electron chi connectivity index (χ0n) is 57.1. The van der Waals surface area contributed by atoms with E-state index >= 15 is 0 Å². The summed E-state index contributed by atoms with van der Waals surface area (Å²) in [5, 5.41) is 1.67. The highest BCUT2D eigenvalue weighted by atomic mass is 16.5. The van der Waals surface area contributed by atoms with Crippen molar-refractivity contribution in [2.24, 2.45) is 0 Å². The third-order valence-corrected chi connectivity index (χ3v) is 16.0. The average Bonchev–Trinajstić information content (AvgIpc) is 1.55. The van der Waals surface area contributed by atoms with Gasteiger partial charge in [0.15, 0.2) is 0 Å². The van der Waals surface area contributed by atoms with Crippen molar-refractivity contribution in [3.63, 3.8) is 0 Å². The molecule has 80 heavy (non-hydrogen) atoms. The lowest BCUT2D eigenvalue weighted by Crippen LogP contribution is -2.25. The molecule has 404 valence electrons. The van der Waals surface area contributed by atoms with Crippen molar-refractivity contribution in [3.8, 4) is 34.1 Å². The van der Waals surface area contributed by atoms with Crippen LogP contribution in [0.3, 0.4) is 0 Å². The summed E-state index contributed by atoms with van der Waals surface area (Å²) in [5.74, 6) is 1.91. The fraction of sp³-hybridized carbons (Fsp3) is 0.284. The minimum atomic E-state index is -0.486. The number of nitrogens with zero attached hydrogens (tertiary/aromatic N) is 5. The predicted molar refractivity (Wildman–Crippen MR) is 340 cm³/mol. The molecule has 0 N–H and O–H groups in total. The van der Waals surface area contributed by atoms with Gasteiger partial charge in [-0.2, -0.15) is 0 Å². The van der Waals surface area contributed by atoms with Gasteiger partial charge in [0.25, 0.3) is 0 Å². The van der Waals surface area contributed by atoms with Crippen LogP contribution < -0.4 is 14.5 Å². The molecule has 0 spiro atoms. The normalized spacial score (nSPS) is 15.0. The summed E-state index contributed by atoms with van der Waals surface area (Å²) < 4.78 is 81.8. The van der Waals surface area contributed by atoms with Gasteiger partial charge in [0.1, 0.15) is 24.0 Å². The number of aromatic nitrogens is 3. The summed E-state index contributed by atoms with van der Waals surface area (Å²) >= 11 is 0. The van der Waals surface area contributed by atoms with Crippen LogP contribution in [0.1, 0.15) is 143 Å². The van der Waals surface area contributed by atoms with Crippen molar-refractivity contribution in [1.82, 2.24) is 14.1 Å². The Kier molecular flexibility index (Phi) is 10.3. The van der Waals surface area contributed by atoms with Gasteiger partial charge < -0.3 is 19.1 Å². The number of benzene rings is 8. The Hall–Kier alpha value is -8.09. The van der Waals surface area contributed by atoms with E-state index in [1.165, 1.54) is 27.8 Å². The molecule has 0 unspecified atom stereocenters. The van der Waals surface area contributed by atoms with E-state index in [0.717, 1.165) is 55.7 Å². The van der Waals surface area contributed by atoms with Crippen LogP contribution in [0.5, 0.6) is 11.5 Å². The van der Waals surface area contributed by atoms with Crippen molar-refractivity contribution in [3.05, 3.63) is 210 Å². The first-order valence-corrected chi connectivity index (χ1v) is 28.0. The largest absolute Gasteiger partial charge is 0.457 e. The van der Waals surface area contributed by atoms with Crippen LogP contribution in [-0.2, 0) is 27.1 Å². The highest BCUT2D eigenvalue weighted by Crippen LogP contribution is 2.49. The molecule has 0 saturated carbocycles. The number of hydrogen-bond acceptors (Lipinski definition) is 4. The molecule has 11 aromatic rings. The second-order valence-corrected chi connectivity index (χ2v) is 27.0. The van der Waals surface area contributed by atoms with E-state index < -0.39 is 24.2 Å². The van der Waals surface area contributed by atoms with E-state index in [1.54, 1.807) is 4.57 Å². The van der Waals surface area contributed by atoms with Gasteiger partial charge in [0.2, 0.25) is 0 Å². The summed E-state index contributed by atoms with van der Waals surface area (Å²) in [6.07, 6.45) is 1.82. The van der Waals surface area contributed by atoms with Crippen LogP contribution in [0, 0.1) is 0 Å². The summed E-state index contributed by atoms with van der Waals surface area (Å²) in [6, 6.07) is 41.8. The van der Waals surface area contributed by atoms with Crippen LogP contribution in [-0.4, -0.2) is 20.8 Å². The molecule has 1 aliphatic heterocycles. The summed E-state index contributed by atoms with van der Waals surface area (Å²) in [5.41, 5.74) is 14.6. The fourth-order valence-corrected chi connectivity index (χ4v) is 11.2. The SMILES string of the molecule is [2H]c1c([2H])c([2H])c2c(c1[2H])c1c([2H])c([2H])c([2H])c([2H])c1n2-c1ccc2c(c1)c1ccc(Oc3cccc(N4CN(c5cc(C(C)(C)C)cc(C(C)(C)C)c5)c5cc(-c6cc(C(C)(C)C)cc(C(C)(C)C)c6)ccc54)c3)cc1n2-c1cc(C(C)(C)C)ccn1. The van der Waals surface area contributed by atoms with Crippen LogP contribution in [0.25, 0.3) is 66.2 Å². The number of hydrogen-bond donors (Lipinski definition) is 0. The first-order valence-electron chi connectivity index (χ1n) is 32.0. The van der Waals surface area contributed by atoms with Gasteiger partial charge in [-0.05, 0) is 157 Å². The summed E-state index contributed by atoms with van der Waals surface area (Å²) in [6.45, 7) is 34.5. The van der Waals surface area contributed by atoms with Gasteiger partial charge >= 0.3 is 0 Å². The number of anilines is 4. The van der Waals surface area contributed by atoms with Gasteiger partial charge in [0.05, 0.1) is 44.4 Å². The smallest absolute Gasteiger partial charge is 0.137 e. The van der Waals surface area contributed by atoms with E-state index in [-0.39, 0.29) is 73.1 Å². The topological polar surface area (TPSA) is 38.5 Å². The van der Waals surface area contributed by atoms with E-state index in [4.69, 9.17) is 17.9 Å². The number of ether oxygens (including phenoxy) is 1. The molecule has 12 rings (SSSR count). The van der Waals surface area contributed by atoms with Gasteiger partial charge in [0, 0.05) is 56.9 Å². The van der Waals surface area contributed by atoms with E-state index in [9.17, 15) is 2.74 Å². The second kappa shape index (κ2) is 18.8. The Morgan fingerprint density at radius 3 is 1.57 bits per heavy atom. The predicted octanol–water partition coefficient (Wildman–Crippen LogP) is 20.5. The molecule has 0 fully saturated rings. The molecule has 8 aromatic carbocycles. The summed E-state index contributed by atoms with van der Waals surface area (Å²) in [7, 11) is 0. The third kappa shape index (κ3) is 9.50. The van der Waals surface area contributed by atoms with Gasteiger partial charge in [-0.3, -0.25) is 4.57 Å². The molecule has 0 amide bonds. The van der Waals surface area contributed by atoms with Gasteiger partial charge in [-0.25, -0.2) is 4.98 Å². The molecule has 4 heterocycles. The Morgan fingerprint density at radius 2 is 0.963 bits per heavy atom. The molecular weight excluding hydrogens is 975 g/mol. The molecule has 0 radical (unpaired) electrons. The van der Waals surface area contributed by atoms with Crippen molar-refractivity contribution >= 4 is 66.4 Å². The van der Waals surface area contributed by atoms with Crippen molar-refractivity contribution in [1.29, 1.82) is 0 Å². The van der Waals surface area contributed by atoms with E-state index in [1.807, 2.05) is 60.8 Å². The van der Waals surface area contributed by atoms with Crippen LogP contribution in [0.2, 0.25) is 0 Å². The Bertz CT molecular complexity index is 4570. The van der Waals surface area contributed by atoms with Gasteiger partial charge in [-0.1, -0.05) is 177 Å². The van der Waals surface area contributed by atoms with Crippen LogP contribution >= 0.6 is 0 Å². The highest BCUT2D eigenvalue weighted by Gasteiger charge is 2.32. The lowest BCUT2D eigenvalue weighted by Gasteiger charge is -2.29. The Morgan fingerprint density at radius 1 is 0.388 bits per heavy atom. The molecule has 0 saturated heterocycles. The standard InChI is InChI=1S/C74H77N5O/c1-70(2,3)49-33-34-75-69(42-49)79-65-32-28-55(78-63-25-18-16-23-59(63)60-24-17-19-26-64(60)78)44-62(65)61-30-29-58(45-67(61)79)80-57-22-20-21-54(43-57)76-46-77(56-40-52(73(10,11)12)39-53(41-56)74(13,14)15)68-37-47(27-31-66(68)76)48-35-50(71(4,5)6)38-51(36-48)72(7,8)9/h16-45H,46H2,1-15H3/i16D,17D,18D,19D,23D,24D,25D,26D. The average molecular weight is 1060 g/mol. The Labute approximate surface area is 485 Å². The minimum Gasteiger partial charge on any atom is -0.457 e. The molecule has 6 nitrogen and oxygen atoms in total. The molecule has 0 aliphatic carbocycles. The quantitative estimate of drug-likeness (QED) is 0.159. The number of para-hydroxylation sites is 2. The maximum absolute atomic E-state index is 9.20. The highest BCUT2D eigenvalue weighted by molar-refractivity contribution is 6.12. The molecular formula is C74H77N5O. The van der Waals surface area contributed by atoms with E-state index in [0.29, 0.717) is 29.7 Å². The maximum Gasteiger partial charge on any atom is 0.137 e. The molecule has 6 heteroatoms. The minimum absolute atomic E-state index is 0.0260. The maximum atomic E-state index is 9.20. The number of pyridine rings is 1. The van der Waals surface area contributed by atoms with Crippen molar-refractivity contribution < 1.29 is 15.7 Å². The van der Waals surface area contributed by atoms with Crippen LogP contribution in [0.4, 0.5) is 22.7 Å². The number of fused-ring (bicyclic) bond motifs is 7. The lowest BCUT2D eigenvalue weighted by atomic mass is 9.79. The first kappa shape index (κ1) is 43.8. The zero-order chi connectivity index (χ0) is 63.4. The zero-order valence-corrected chi connectivity index (χ0v) is 49.1. The fourth-order valence-electron chi connectivity index (χ4n) is 11.2. The second-order valence-electron chi connectivity index (χ2n) is 27.0. The lowest BCUT2D eigenvalue weighted by molar-refractivity contribution is 0.483. The van der Waals surface area contributed by atoms with Crippen molar-refractivity contribution in [2.45, 2.75) is 131 Å². The Balaban J connectivity index is 0.999. The van der Waals surface area contributed by atoms with Crippen molar-refractivity contribution in [2.75, 3.05) is 16.5 Å². The van der Waals surface area contributed by atoms with Gasteiger partial charge in [-0.15, -0.1) is 0 Å². The number of rotatable bonds is 7. The van der Waals surface area contributed by atoms with E-state index in [2.05, 4.69) is 191 Å². The molecule has 0 bridgehead atoms. The molecule has 0 atom stereocenters. The van der Waals surface area contributed by atoms with Crippen LogP contribution in [0.15, 0.2) is 182 Å². The first-order chi connectivity index (χ1) is 41.1. The molecule has 3 aromatic heterocycles. The monoisotopic (exact) mass is 1060 g/mol. The molecule has 1 aliphatic rings.